The van der Waals surface area contributed by atoms with Gasteiger partial charge in [-0.3, -0.25) is 13.9 Å². The summed E-state index contributed by atoms with van der Waals surface area (Å²) in [7, 11) is -3.73. The Morgan fingerprint density at radius 2 is 1.55 bits per heavy atom. The third-order valence-electron chi connectivity index (χ3n) is 5.52. The van der Waals surface area contributed by atoms with Crippen LogP contribution in [0.1, 0.15) is 50.3 Å². The van der Waals surface area contributed by atoms with E-state index in [1.54, 1.807) is 19.1 Å². The number of carbonyl (C=O) groups is 2. The van der Waals surface area contributed by atoms with Crippen molar-refractivity contribution in [3.63, 3.8) is 0 Å². The van der Waals surface area contributed by atoms with Crippen LogP contribution in [0, 0.1) is 6.92 Å². The molecule has 0 saturated carbocycles. The van der Waals surface area contributed by atoms with Crippen LogP contribution in [0.5, 0.6) is 0 Å². The number of carbonyl (C=O) groups excluding carboxylic acids is 2. The number of hydrogen-bond donors (Lipinski definition) is 1. The number of rotatable bonds is 10. The van der Waals surface area contributed by atoms with E-state index in [1.165, 1.54) is 4.90 Å². The summed E-state index contributed by atoms with van der Waals surface area (Å²) in [6.45, 7) is 9.78. The summed E-state index contributed by atoms with van der Waals surface area (Å²) in [5, 5.41) is 2.74. The average Bonchev–Trinajstić information content (AvgIpc) is 2.76. The number of nitrogens with one attached hydrogen (secondary N) is 1. The van der Waals surface area contributed by atoms with E-state index >= 15 is 0 Å². The molecule has 0 radical (unpaired) electrons. The highest BCUT2D eigenvalue weighted by molar-refractivity contribution is 7.92. The number of nitrogens with zero attached hydrogens (tertiary/aromatic N) is 2. The summed E-state index contributed by atoms with van der Waals surface area (Å²) >= 11 is 0. The van der Waals surface area contributed by atoms with E-state index in [0.717, 1.165) is 27.3 Å². The fraction of sp³-hybridized carbons (Fsp3) is 0.440. The molecule has 1 atom stereocenters. The summed E-state index contributed by atoms with van der Waals surface area (Å²) in [6.07, 6.45) is 1.08. The van der Waals surface area contributed by atoms with E-state index in [2.05, 4.69) is 19.2 Å². The predicted molar refractivity (Wildman–Crippen MR) is 133 cm³/mol. The van der Waals surface area contributed by atoms with E-state index in [4.69, 9.17) is 0 Å². The zero-order chi connectivity index (χ0) is 24.8. The van der Waals surface area contributed by atoms with E-state index in [0.29, 0.717) is 18.2 Å². The molecule has 0 unspecified atom stereocenters. The summed E-state index contributed by atoms with van der Waals surface area (Å²) in [6, 6.07) is 14.1. The first-order chi connectivity index (χ1) is 15.4. The molecule has 2 aromatic carbocycles. The van der Waals surface area contributed by atoms with Crippen LogP contribution in [0.2, 0.25) is 0 Å². The monoisotopic (exact) mass is 473 g/mol. The van der Waals surface area contributed by atoms with Crippen molar-refractivity contribution in [3.05, 3.63) is 65.2 Å². The summed E-state index contributed by atoms with van der Waals surface area (Å²) in [5.41, 5.74) is 3.43. The molecule has 0 aliphatic carbocycles. The first-order valence-corrected chi connectivity index (χ1v) is 13.0. The standard InChI is InChI=1S/C25H35N3O4S/c1-7-26-25(30)20(5)27(16-21-10-8-19(4)9-11-21)24(29)17-28(33(6,31)32)23-14-12-22(13-15-23)18(2)3/h8-15,18,20H,7,16-17H2,1-6H3,(H,26,30)/t20-/m0/s1. The second kappa shape index (κ2) is 11.3. The highest BCUT2D eigenvalue weighted by atomic mass is 32.2. The Morgan fingerprint density at radius 3 is 2.03 bits per heavy atom. The first-order valence-electron chi connectivity index (χ1n) is 11.1. The zero-order valence-electron chi connectivity index (χ0n) is 20.3. The highest BCUT2D eigenvalue weighted by Gasteiger charge is 2.29. The number of sulfonamides is 1. The van der Waals surface area contributed by atoms with Crippen molar-refractivity contribution in [3.8, 4) is 0 Å². The lowest BCUT2D eigenvalue weighted by Crippen LogP contribution is -2.51. The molecular weight excluding hydrogens is 438 g/mol. The highest BCUT2D eigenvalue weighted by Crippen LogP contribution is 2.22. The molecule has 0 spiro atoms. The molecule has 1 N–H and O–H groups in total. The minimum Gasteiger partial charge on any atom is -0.355 e. The van der Waals surface area contributed by atoms with Crippen LogP contribution in [0.15, 0.2) is 48.5 Å². The molecule has 180 valence electrons. The van der Waals surface area contributed by atoms with Crippen LogP contribution in [-0.2, 0) is 26.2 Å². The van der Waals surface area contributed by atoms with Crippen molar-refractivity contribution in [2.45, 2.75) is 53.1 Å². The van der Waals surface area contributed by atoms with Crippen LogP contribution >= 0.6 is 0 Å². The number of anilines is 1. The number of benzene rings is 2. The van der Waals surface area contributed by atoms with Crippen molar-refractivity contribution in [2.24, 2.45) is 0 Å². The molecule has 33 heavy (non-hydrogen) atoms. The topological polar surface area (TPSA) is 86.8 Å². The maximum Gasteiger partial charge on any atom is 0.244 e. The summed E-state index contributed by atoms with van der Waals surface area (Å²) in [4.78, 5) is 27.4. The Labute approximate surface area is 197 Å². The molecule has 2 amide bonds. The number of hydrogen-bond acceptors (Lipinski definition) is 4. The zero-order valence-corrected chi connectivity index (χ0v) is 21.1. The lowest BCUT2D eigenvalue weighted by molar-refractivity contribution is -0.139. The van der Waals surface area contributed by atoms with Gasteiger partial charge >= 0.3 is 0 Å². The summed E-state index contributed by atoms with van der Waals surface area (Å²) < 4.78 is 26.3. The molecule has 0 fully saturated rings. The second-order valence-corrected chi connectivity index (χ2v) is 10.5. The van der Waals surface area contributed by atoms with Gasteiger partial charge < -0.3 is 10.2 Å². The third-order valence-corrected chi connectivity index (χ3v) is 6.66. The summed E-state index contributed by atoms with van der Waals surface area (Å²) in [5.74, 6) is -0.437. The molecule has 8 heteroatoms. The van der Waals surface area contributed by atoms with Gasteiger partial charge in [0.25, 0.3) is 0 Å². The Bertz CT molecular complexity index is 1050. The number of likely N-dealkylation sites (N-methyl/N-ethyl adjacent to an activating group) is 1. The SMILES string of the molecule is CCNC(=O)[C@H](C)N(Cc1ccc(C)cc1)C(=O)CN(c1ccc(C(C)C)cc1)S(C)(=O)=O. The molecule has 0 bridgehead atoms. The van der Waals surface area contributed by atoms with Gasteiger partial charge in [-0.1, -0.05) is 55.8 Å². The molecule has 0 aliphatic heterocycles. The van der Waals surface area contributed by atoms with Gasteiger partial charge in [-0.05, 0) is 49.9 Å². The van der Waals surface area contributed by atoms with Gasteiger partial charge in [-0.25, -0.2) is 8.42 Å². The van der Waals surface area contributed by atoms with Crippen molar-refractivity contribution in [2.75, 3.05) is 23.7 Å². The maximum absolute atomic E-state index is 13.4. The van der Waals surface area contributed by atoms with Gasteiger partial charge in [-0.15, -0.1) is 0 Å². The predicted octanol–water partition coefficient (Wildman–Crippen LogP) is 3.44. The quantitative estimate of drug-likeness (QED) is 0.573. The second-order valence-electron chi connectivity index (χ2n) is 8.59. The smallest absolute Gasteiger partial charge is 0.244 e. The van der Waals surface area contributed by atoms with Gasteiger partial charge in [0, 0.05) is 13.1 Å². The number of aryl methyl sites for hydroxylation is 1. The van der Waals surface area contributed by atoms with Gasteiger partial charge in [0.15, 0.2) is 0 Å². The fourth-order valence-electron chi connectivity index (χ4n) is 3.43. The fourth-order valence-corrected chi connectivity index (χ4v) is 4.28. The molecule has 2 rings (SSSR count). The van der Waals surface area contributed by atoms with E-state index in [1.807, 2.05) is 50.2 Å². The molecule has 7 nitrogen and oxygen atoms in total. The van der Waals surface area contributed by atoms with Gasteiger partial charge in [0.2, 0.25) is 21.8 Å². The number of amides is 2. The largest absolute Gasteiger partial charge is 0.355 e. The average molecular weight is 474 g/mol. The Morgan fingerprint density at radius 1 is 0.970 bits per heavy atom. The third kappa shape index (κ3) is 7.32. The minimum atomic E-state index is -3.73. The van der Waals surface area contributed by atoms with Crippen molar-refractivity contribution < 1.29 is 18.0 Å². The van der Waals surface area contributed by atoms with Crippen molar-refractivity contribution in [1.29, 1.82) is 0 Å². The van der Waals surface area contributed by atoms with E-state index in [-0.39, 0.29) is 12.5 Å². The van der Waals surface area contributed by atoms with Crippen molar-refractivity contribution >= 4 is 27.5 Å². The lowest BCUT2D eigenvalue weighted by Gasteiger charge is -2.31. The Kier molecular flexibility index (Phi) is 9.05. The van der Waals surface area contributed by atoms with Crippen molar-refractivity contribution in [1.82, 2.24) is 10.2 Å². The lowest BCUT2D eigenvalue weighted by atomic mass is 10.0. The van der Waals surface area contributed by atoms with Gasteiger partial charge in [-0.2, -0.15) is 0 Å². The molecule has 0 saturated heterocycles. The van der Waals surface area contributed by atoms with Gasteiger partial charge in [0.1, 0.15) is 12.6 Å². The van der Waals surface area contributed by atoms with E-state index < -0.39 is 28.5 Å². The van der Waals surface area contributed by atoms with Crippen LogP contribution in [-0.4, -0.2) is 50.5 Å². The van der Waals surface area contributed by atoms with Crippen LogP contribution < -0.4 is 9.62 Å². The van der Waals surface area contributed by atoms with Crippen LogP contribution in [0.25, 0.3) is 0 Å². The molecular formula is C25H35N3O4S. The van der Waals surface area contributed by atoms with E-state index in [9.17, 15) is 18.0 Å². The Balaban J connectivity index is 2.36. The van der Waals surface area contributed by atoms with Crippen LogP contribution in [0.4, 0.5) is 5.69 Å². The molecule has 0 heterocycles. The minimum absolute atomic E-state index is 0.196. The normalized spacial score (nSPS) is 12.3. The van der Waals surface area contributed by atoms with Gasteiger partial charge in [0.05, 0.1) is 11.9 Å². The molecule has 0 aromatic heterocycles. The molecule has 2 aromatic rings. The Hall–Kier alpha value is -2.87. The molecule has 0 aliphatic rings. The maximum atomic E-state index is 13.4. The first kappa shape index (κ1) is 26.4. The van der Waals surface area contributed by atoms with Crippen LogP contribution in [0.3, 0.4) is 0 Å².